The summed E-state index contributed by atoms with van der Waals surface area (Å²) in [4.78, 5) is 26.7. The van der Waals surface area contributed by atoms with Crippen LogP contribution in [0.1, 0.15) is 29.6 Å². The molecule has 1 aromatic heterocycles. The summed E-state index contributed by atoms with van der Waals surface area (Å²) in [5.41, 5.74) is 0.314. The van der Waals surface area contributed by atoms with Gasteiger partial charge in [0.15, 0.2) is 5.16 Å². The van der Waals surface area contributed by atoms with E-state index in [1.54, 1.807) is 10.9 Å². The van der Waals surface area contributed by atoms with E-state index in [9.17, 15) is 14.0 Å². The van der Waals surface area contributed by atoms with Crippen LogP contribution < -0.4 is 0 Å². The summed E-state index contributed by atoms with van der Waals surface area (Å²) in [5.74, 6) is -1.02. The van der Waals surface area contributed by atoms with Gasteiger partial charge in [-0.25, -0.2) is 4.39 Å². The largest absolute Gasteiger partial charge is 0.312 e. The van der Waals surface area contributed by atoms with Crippen LogP contribution in [-0.4, -0.2) is 43.3 Å². The Morgan fingerprint density at radius 1 is 1.29 bits per heavy atom. The standard InChI is InChI=1S/C16H17FN4O2S/c1-20-10-18-19-16(20)24-13-4-2-3-9-21(15(13)23)14(22)11-5-7-12(17)8-6-11/h5-8,10,13H,2-4,9H2,1H3/t13-/m0/s1. The van der Waals surface area contributed by atoms with E-state index in [-0.39, 0.29) is 17.1 Å². The number of benzene rings is 1. The number of nitrogens with zero attached hydrogens (tertiary/aromatic N) is 4. The highest BCUT2D eigenvalue weighted by atomic mass is 32.2. The minimum atomic E-state index is -0.413. The smallest absolute Gasteiger partial charge is 0.260 e. The van der Waals surface area contributed by atoms with Crippen molar-refractivity contribution in [3.05, 3.63) is 42.0 Å². The number of carbonyl (C=O) groups excluding carboxylic acids is 2. The van der Waals surface area contributed by atoms with Crippen LogP contribution in [-0.2, 0) is 11.8 Å². The van der Waals surface area contributed by atoms with Gasteiger partial charge in [-0.2, -0.15) is 0 Å². The molecular weight excluding hydrogens is 331 g/mol. The molecule has 3 rings (SSSR count). The van der Waals surface area contributed by atoms with Crippen molar-refractivity contribution in [2.75, 3.05) is 6.54 Å². The zero-order valence-corrected chi connectivity index (χ0v) is 14.0. The van der Waals surface area contributed by atoms with Gasteiger partial charge in [-0.05, 0) is 37.1 Å². The SMILES string of the molecule is Cn1cnnc1S[C@H]1CCCCN(C(=O)c2ccc(F)cc2)C1=O. The van der Waals surface area contributed by atoms with E-state index in [1.165, 1.54) is 40.9 Å². The molecule has 0 aliphatic carbocycles. The fraction of sp³-hybridized carbons (Fsp3) is 0.375. The second kappa shape index (κ2) is 7.12. The van der Waals surface area contributed by atoms with Gasteiger partial charge in [-0.15, -0.1) is 10.2 Å². The number of amides is 2. The van der Waals surface area contributed by atoms with Crippen molar-refractivity contribution >= 4 is 23.6 Å². The Hall–Kier alpha value is -2.22. The molecule has 126 valence electrons. The Kier molecular flexibility index (Phi) is 4.94. The summed E-state index contributed by atoms with van der Waals surface area (Å²) in [6.45, 7) is 0.380. The molecule has 1 atom stereocenters. The molecule has 1 saturated heterocycles. The van der Waals surface area contributed by atoms with Crippen LogP contribution >= 0.6 is 11.8 Å². The van der Waals surface area contributed by atoms with Crippen molar-refractivity contribution in [1.82, 2.24) is 19.7 Å². The normalized spacial score (nSPS) is 18.5. The fourth-order valence-corrected chi connectivity index (χ4v) is 3.65. The Bertz CT molecular complexity index is 747. The second-order valence-corrected chi connectivity index (χ2v) is 6.80. The summed E-state index contributed by atoms with van der Waals surface area (Å²) in [6.07, 6.45) is 3.87. The first-order valence-corrected chi connectivity index (χ1v) is 8.56. The van der Waals surface area contributed by atoms with E-state index in [4.69, 9.17) is 0 Å². The lowest BCUT2D eigenvalue weighted by atomic mass is 10.2. The number of aromatic nitrogens is 3. The monoisotopic (exact) mass is 348 g/mol. The van der Waals surface area contributed by atoms with Gasteiger partial charge in [-0.3, -0.25) is 14.5 Å². The first-order valence-electron chi connectivity index (χ1n) is 7.68. The summed E-state index contributed by atoms with van der Waals surface area (Å²) < 4.78 is 14.8. The molecule has 2 heterocycles. The Labute approximate surface area is 143 Å². The second-order valence-electron chi connectivity index (χ2n) is 5.63. The Morgan fingerprint density at radius 2 is 2.04 bits per heavy atom. The quantitative estimate of drug-likeness (QED) is 0.796. The van der Waals surface area contributed by atoms with Gasteiger partial charge in [0.25, 0.3) is 5.91 Å². The average molecular weight is 348 g/mol. The fourth-order valence-electron chi connectivity index (χ4n) is 2.57. The highest BCUT2D eigenvalue weighted by Gasteiger charge is 2.33. The molecule has 6 nitrogen and oxygen atoms in total. The number of carbonyl (C=O) groups is 2. The topological polar surface area (TPSA) is 68.1 Å². The van der Waals surface area contributed by atoms with Crippen LogP contribution in [0.2, 0.25) is 0 Å². The molecule has 1 aliphatic rings. The van der Waals surface area contributed by atoms with Crippen LogP contribution in [0.3, 0.4) is 0 Å². The third-order valence-electron chi connectivity index (χ3n) is 3.89. The van der Waals surface area contributed by atoms with E-state index in [2.05, 4.69) is 10.2 Å². The van der Waals surface area contributed by atoms with Gasteiger partial charge in [0, 0.05) is 19.2 Å². The van der Waals surface area contributed by atoms with Crippen LogP contribution in [0.5, 0.6) is 0 Å². The lowest BCUT2D eigenvalue weighted by molar-refractivity contribution is -0.127. The van der Waals surface area contributed by atoms with Gasteiger partial charge >= 0.3 is 0 Å². The minimum Gasteiger partial charge on any atom is -0.312 e. The molecule has 24 heavy (non-hydrogen) atoms. The number of thioether (sulfide) groups is 1. The molecule has 8 heteroatoms. The minimum absolute atomic E-state index is 0.227. The molecule has 0 radical (unpaired) electrons. The van der Waals surface area contributed by atoms with Crippen molar-refractivity contribution in [3.8, 4) is 0 Å². The van der Waals surface area contributed by atoms with Crippen molar-refractivity contribution in [3.63, 3.8) is 0 Å². The molecule has 2 amide bonds. The van der Waals surface area contributed by atoms with Crippen LogP contribution in [0.15, 0.2) is 35.7 Å². The molecule has 1 aliphatic heterocycles. The van der Waals surface area contributed by atoms with Crippen molar-refractivity contribution in [2.24, 2.45) is 7.05 Å². The number of rotatable bonds is 3. The predicted molar refractivity (Wildman–Crippen MR) is 86.9 cm³/mol. The molecular formula is C16H17FN4O2S. The third kappa shape index (κ3) is 3.48. The Balaban J connectivity index is 1.79. The van der Waals surface area contributed by atoms with E-state index < -0.39 is 5.82 Å². The molecule has 0 saturated carbocycles. The lowest BCUT2D eigenvalue weighted by Crippen LogP contribution is -2.41. The molecule has 0 N–H and O–H groups in total. The molecule has 0 bridgehead atoms. The highest BCUT2D eigenvalue weighted by molar-refractivity contribution is 8.00. The maximum Gasteiger partial charge on any atom is 0.260 e. The molecule has 0 unspecified atom stereocenters. The number of halogens is 1. The number of aryl methyl sites for hydroxylation is 1. The van der Waals surface area contributed by atoms with Gasteiger partial charge in [0.1, 0.15) is 12.1 Å². The number of imide groups is 1. The van der Waals surface area contributed by atoms with Crippen LogP contribution in [0, 0.1) is 5.82 Å². The van der Waals surface area contributed by atoms with E-state index in [0.29, 0.717) is 23.7 Å². The van der Waals surface area contributed by atoms with Crippen LogP contribution in [0.4, 0.5) is 4.39 Å². The van der Waals surface area contributed by atoms with E-state index in [1.807, 2.05) is 7.05 Å². The van der Waals surface area contributed by atoms with Crippen molar-refractivity contribution in [2.45, 2.75) is 29.7 Å². The van der Waals surface area contributed by atoms with Gasteiger partial charge in [0.05, 0.1) is 5.25 Å². The number of hydrogen-bond donors (Lipinski definition) is 0. The van der Waals surface area contributed by atoms with Gasteiger partial charge in [0.2, 0.25) is 5.91 Å². The first kappa shape index (κ1) is 16.6. The third-order valence-corrected chi connectivity index (χ3v) is 5.20. The number of hydrogen-bond acceptors (Lipinski definition) is 5. The molecule has 0 spiro atoms. The predicted octanol–water partition coefficient (Wildman–Crippen LogP) is 2.27. The zero-order valence-electron chi connectivity index (χ0n) is 13.2. The van der Waals surface area contributed by atoms with Gasteiger partial charge < -0.3 is 4.57 Å². The molecule has 2 aromatic rings. The first-order chi connectivity index (χ1) is 11.6. The van der Waals surface area contributed by atoms with E-state index >= 15 is 0 Å². The summed E-state index contributed by atoms with van der Waals surface area (Å²) in [5, 5.41) is 8.07. The molecule has 1 fully saturated rings. The summed E-state index contributed by atoms with van der Waals surface area (Å²) in [7, 11) is 1.81. The summed E-state index contributed by atoms with van der Waals surface area (Å²) >= 11 is 1.32. The number of likely N-dealkylation sites (tertiary alicyclic amines) is 1. The van der Waals surface area contributed by atoms with Crippen molar-refractivity contribution < 1.29 is 14.0 Å². The molecule has 1 aromatic carbocycles. The summed E-state index contributed by atoms with van der Waals surface area (Å²) in [6, 6.07) is 5.25. The maximum absolute atomic E-state index is 13.0. The lowest BCUT2D eigenvalue weighted by Gasteiger charge is -2.22. The van der Waals surface area contributed by atoms with Crippen molar-refractivity contribution in [1.29, 1.82) is 0 Å². The maximum atomic E-state index is 13.0. The Morgan fingerprint density at radius 3 is 2.71 bits per heavy atom. The highest BCUT2D eigenvalue weighted by Crippen LogP contribution is 2.29. The average Bonchev–Trinajstić information content (AvgIpc) is 2.88. The zero-order chi connectivity index (χ0) is 17.1. The van der Waals surface area contributed by atoms with E-state index in [0.717, 1.165) is 12.8 Å². The van der Waals surface area contributed by atoms with Crippen LogP contribution in [0.25, 0.3) is 0 Å². The van der Waals surface area contributed by atoms with Gasteiger partial charge in [-0.1, -0.05) is 18.2 Å².